The van der Waals surface area contributed by atoms with Crippen LogP contribution in [0.25, 0.3) is 0 Å². The van der Waals surface area contributed by atoms with Crippen LogP contribution in [0.5, 0.6) is 0 Å². The van der Waals surface area contributed by atoms with Gasteiger partial charge < -0.3 is 66.6 Å². The molecule has 348 valence electrons. The van der Waals surface area contributed by atoms with Crippen molar-refractivity contribution in [3.63, 3.8) is 0 Å². The van der Waals surface area contributed by atoms with Crippen molar-refractivity contribution in [3.8, 4) is 0 Å². The van der Waals surface area contributed by atoms with Crippen molar-refractivity contribution in [3.05, 3.63) is 119 Å². The first-order chi connectivity index (χ1) is 28.6. The fraction of sp³-hybridized carbons (Fsp3) is 0.273. The molecule has 20 heteroatoms. The van der Waals surface area contributed by atoms with E-state index in [1.165, 1.54) is 25.0 Å². The number of carbonyl (C=O) groups is 4. The Kier molecular flexibility index (Phi) is 28.0. The van der Waals surface area contributed by atoms with Crippen LogP contribution in [-0.4, -0.2) is 104 Å². The molecule has 0 spiro atoms. The average Bonchev–Trinajstić information content (AvgIpc) is 4.06. The summed E-state index contributed by atoms with van der Waals surface area (Å²) in [5.41, 5.74) is 29.6. The van der Waals surface area contributed by atoms with Crippen LogP contribution in [0.15, 0.2) is 117 Å². The molecule has 0 fully saturated rings. The molecule has 4 aromatic rings. The number of nitrogens with two attached hydrogens (primary N) is 4. The molecule has 0 aliphatic carbocycles. The largest absolute Gasteiger partial charge is 0.480 e. The zero-order chi connectivity index (χ0) is 44.2. The first-order valence-corrected chi connectivity index (χ1v) is 19.0. The number of aliphatic carboxylic acids is 4. The molecule has 0 bridgehead atoms. The first kappa shape index (κ1) is 59.2. The Balaban J connectivity index is 0. The van der Waals surface area contributed by atoms with E-state index in [4.69, 9.17) is 43.4 Å². The van der Waals surface area contributed by atoms with Crippen molar-refractivity contribution in [2.75, 3.05) is 0 Å². The van der Waals surface area contributed by atoms with E-state index in [1.807, 2.05) is 97.4 Å². The van der Waals surface area contributed by atoms with Crippen molar-refractivity contribution in [2.24, 2.45) is 42.9 Å². The number of rotatable bonds is 8. The van der Waals surface area contributed by atoms with Gasteiger partial charge in [-0.15, -0.1) is 0 Å². The summed E-state index contributed by atoms with van der Waals surface area (Å²) in [6.07, 6.45) is 10.3. The highest BCUT2D eigenvalue weighted by Crippen LogP contribution is 2.35. The number of fused-ring (bicyclic) bond motifs is 4. The minimum absolute atomic E-state index is 0. The van der Waals surface area contributed by atoms with Gasteiger partial charge in [-0.1, -0.05) is 72.8 Å². The Morgan fingerprint density at radius 1 is 0.500 bits per heavy atom. The maximum absolute atomic E-state index is 10.6. The van der Waals surface area contributed by atoms with Gasteiger partial charge in [0, 0.05) is 49.5 Å². The lowest BCUT2D eigenvalue weighted by atomic mass is 9.94. The van der Waals surface area contributed by atoms with E-state index in [0.717, 1.165) is 46.7 Å². The molecule has 0 saturated carbocycles. The average molecular weight is 891 g/mol. The van der Waals surface area contributed by atoms with E-state index in [0.29, 0.717) is 12.8 Å². The minimum atomic E-state index is -0.965. The molecule has 6 atom stereocenters. The number of hydrogen-bond acceptors (Lipinski definition) is 14. The Morgan fingerprint density at radius 3 is 1.06 bits per heavy atom. The summed E-state index contributed by atoms with van der Waals surface area (Å²) in [5.74, 6) is -3.79. The molecule has 4 aromatic carbocycles. The fourth-order valence-electron chi connectivity index (χ4n) is 5.57. The summed E-state index contributed by atoms with van der Waals surface area (Å²) in [5, 5.41) is 33.2. The van der Waals surface area contributed by atoms with Crippen LogP contribution in [0.3, 0.4) is 0 Å². The molecular formula is C44H62N10O10. The van der Waals surface area contributed by atoms with Gasteiger partial charge in [-0.25, -0.2) is 0 Å². The van der Waals surface area contributed by atoms with Gasteiger partial charge in [0.2, 0.25) is 0 Å². The molecular weight excluding hydrogens is 829 g/mol. The third-order valence-electron chi connectivity index (χ3n) is 8.96. The lowest BCUT2D eigenvalue weighted by Crippen LogP contribution is -2.31. The molecule has 0 aromatic heterocycles. The van der Waals surface area contributed by atoms with Gasteiger partial charge in [-0.2, -0.15) is 0 Å². The lowest BCUT2D eigenvalue weighted by Gasteiger charge is -2.11. The van der Waals surface area contributed by atoms with Gasteiger partial charge in [-0.3, -0.25) is 39.1 Å². The zero-order valence-electron chi connectivity index (χ0n) is 35.8. The maximum Gasteiger partial charge on any atom is 0.320 e. The highest BCUT2D eigenvalue weighted by Gasteiger charge is 2.24. The highest BCUT2D eigenvalue weighted by atomic mass is 16.4. The number of hydrogen-bond donors (Lipinski definition) is 10. The molecule has 0 radical (unpaired) electrons. The predicted octanol–water partition coefficient (Wildman–Crippen LogP) is 3.98. The molecule has 4 aliphatic rings. The summed E-state index contributed by atoms with van der Waals surface area (Å²) < 4.78 is 0. The smallest absolute Gasteiger partial charge is 0.320 e. The SMILES string of the molecule is C1=Nc2ccccc2C1.C1=Nc2ccccc2C1.CC(N)C(=O)O.CC(N)C(=O)O.N.N.NC(CC1C=Nc2ccccc21)C(=O)O.NC(CC1C=Nc2ccccc21)C(=O)O.O.O. The van der Waals surface area contributed by atoms with Crippen LogP contribution < -0.4 is 35.2 Å². The van der Waals surface area contributed by atoms with Gasteiger partial charge >= 0.3 is 23.9 Å². The molecule has 8 rings (SSSR count). The summed E-state index contributed by atoms with van der Waals surface area (Å²) in [7, 11) is 0. The second kappa shape index (κ2) is 30.2. The fourth-order valence-corrected chi connectivity index (χ4v) is 5.57. The third-order valence-corrected chi connectivity index (χ3v) is 8.96. The number of aliphatic imine (C=N–C) groups is 4. The summed E-state index contributed by atoms with van der Waals surface area (Å²) in [4.78, 5) is 57.2. The molecule has 0 amide bonds. The monoisotopic (exact) mass is 890 g/mol. The lowest BCUT2D eigenvalue weighted by molar-refractivity contribution is -0.139. The second-order valence-electron chi connectivity index (χ2n) is 13.8. The minimum Gasteiger partial charge on any atom is -0.480 e. The normalized spacial score (nSPS) is 15.8. The van der Waals surface area contributed by atoms with Gasteiger partial charge in [0.25, 0.3) is 0 Å². The number of carboxylic acid groups (broad SMARTS) is 4. The molecule has 6 unspecified atom stereocenters. The van der Waals surface area contributed by atoms with Crippen LogP contribution in [0.4, 0.5) is 22.7 Å². The molecule has 4 heterocycles. The topological polar surface area (TPSA) is 436 Å². The van der Waals surface area contributed by atoms with E-state index >= 15 is 0 Å². The molecule has 0 saturated heterocycles. The summed E-state index contributed by atoms with van der Waals surface area (Å²) >= 11 is 0. The van der Waals surface area contributed by atoms with Gasteiger partial charge in [-0.05, 0) is 73.2 Å². The van der Waals surface area contributed by atoms with Crippen LogP contribution in [-0.2, 0) is 32.0 Å². The maximum atomic E-state index is 10.6. The number of nitrogens with zero attached hydrogens (tertiary/aromatic N) is 4. The van der Waals surface area contributed by atoms with Crippen molar-refractivity contribution in [2.45, 2.75) is 75.5 Å². The van der Waals surface area contributed by atoms with Gasteiger partial charge in [0.05, 0.1) is 22.7 Å². The Labute approximate surface area is 371 Å². The van der Waals surface area contributed by atoms with Crippen LogP contribution >= 0.6 is 0 Å². The molecule has 22 N–H and O–H groups in total. The van der Waals surface area contributed by atoms with E-state index in [9.17, 15) is 19.2 Å². The predicted molar refractivity (Wildman–Crippen MR) is 252 cm³/mol. The van der Waals surface area contributed by atoms with Crippen molar-refractivity contribution in [1.29, 1.82) is 0 Å². The van der Waals surface area contributed by atoms with Crippen molar-refractivity contribution < 1.29 is 50.6 Å². The van der Waals surface area contributed by atoms with Crippen molar-refractivity contribution in [1.82, 2.24) is 12.3 Å². The Hall–Kier alpha value is -6.88. The van der Waals surface area contributed by atoms with Crippen LogP contribution in [0.1, 0.15) is 60.8 Å². The summed E-state index contributed by atoms with van der Waals surface area (Å²) in [6, 6.07) is 28.7. The van der Waals surface area contributed by atoms with E-state index in [-0.39, 0.29) is 35.1 Å². The van der Waals surface area contributed by atoms with E-state index in [2.05, 4.69) is 32.1 Å². The van der Waals surface area contributed by atoms with Crippen LogP contribution in [0.2, 0.25) is 0 Å². The Morgan fingerprint density at radius 2 is 0.781 bits per heavy atom. The first-order valence-electron chi connectivity index (χ1n) is 19.0. The second-order valence-corrected chi connectivity index (χ2v) is 13.8. The highest BCUT2D eigenvalue weighted by molar-refractivity contribution is 5.83. The standard InChI is InChI=1S/2C11H12N2O2.2C8H7N.2C3H7NO2.2H3N.2H2O/c2*12-9(11(14)15)5-7-6-13-10-4-2-1-3-8(7)10;2*1-2-4-8-7(3-1)5-6-9-8;2*1-2(4)3(5)6;;;;/h2*1-4,6-7,9H,5,12H2,(H,14,15);2*1-4,6H,5H2;2*2H,4H2,1H3,(H,5,6);2*1H3;2*1H2. The Bertz CT molecular complexity index is 2040. The number of carboxylic acids is 4. The van der Waals surface area contributed by atoms with Crippen molar-refractivity contribution >= 4 is 71.5 Å². The van der Waals surface area contributed by atoms with Gasteiger partial charge in [0.15, 0.2) is 0 Å². The van der Waals surface area contributed by atoms with Gasteiger partial charge in [0.1, 0.15) is 24.2 Å². The number of para-hydroxylation sites is 4. The number of benzene rings is 4. The van der Waals surface area contributed by atoms with E-state index in [1.54, 1.807) is 12.4 Å². The third kappa shape index (κ3) is 19.4. The molecule has 4 aliphatic heterocycles. The molecule has 64 heavy (non-hydrogen) atoms. The van der Waals surface area contributed by atoms with Crippen LogP contribution in [0, 0.1) is 0 Å². The zero-order valence-corrected chi connectivity index (χ0v) is 35.8. The molecule has 20 nitrogen and oxygen atoms in total. The summed E-state index contributed by atoms with van der Waals surface area (Å²) in [6.45, 7) is 2.84. The van der Waals surface area contributed by atoms with E-state index < -0.39 is 48.0 Å². The quantitative estimate of drug-likeness (QED) is 0.120.